The van der Waals surface area contributed by atoms with E-state index >= 15 is 0 Å². The molecule has 9 heteroatoms. The van der Waals surface area contributed by atoms with Crippen molar-refractivity contribution in [2.24, 2.45) is 14.1 Å². The number of amides is 1. The first-order valence-electron chi connectivity index (χ1n) is 9.87. The highest BCUT2D eigenvalue weighted by Gasteiger charge is 2.19. The number of aryl methyl sites for hydroxylation is 4. The Morgan fingerprint density at radius 1 is 1.00 bits per heavy atom. The van der Waals surface area contributed by atoms with Crippen LogP contribution in [-0.4, -0.2) is 29.2 Å². The van der Waals surface area contributed by atoms with Gasteiger partial charge in [-0.05, 0) is 42.7 Å². The number of para-hydroxylation sites is 1. The minimum absolute atomic E-state index is 0.00779. The van der Waals surface area contributed by atoms with Crippen molar-refractivity contribution in [1.82, 2.24) is 9.13 Å². The molecule has 1 aromatic heterocycles. The average Bonchev–Trinajstić information content (AvgIpc) is 2.75. The van der Waals surface area contributed by atoms with E-state index in [1.165, 1.54) is 36.9 Å². The van der Waals surface area contributed by atoms with Gasteiger partial charge in [0, 0.05) is 26.2 Å². The fourth-order valence-electron chi connectivity index (χ4n) is 3.50. The molecule has 0 radical (unpaired) electrons. The quantitative estimate of drug-likeness (QED) is 0.586. The van der Waals surface area contributed by atoms with Crippen LogP contribution in [0.25, 0.3) is 11.0 Å². The lowest BCUT2D eigenvalue weighted by Gasteiger charge is -2.13. The Bertz CT molecular complexity index is 1400. The van der Waals surface area contributed by atoms with Gasteiger partial charge in [0.15, 0.2) is 9.84 Å². The number of nitrogens with one attached hydrogen (secondary N) is 1. The number of benzene rings is 2. The van der Waals surface area contributed by atoms with Crippen molar-refractivity contribution in [2.45, 2.75) is 31.6 Å². The van der Waals surface area contributed by atoms with Crippen LogP contribution in [0.1, 0.15) is 24.5 Å². The fraction of sp³-hybridized carbons (Fsp3) is 0.318. The summed E-state index contributed by atoms with van der Waals surface area (Å²) in [4.78, 5) is 36.4. The van der Waals surface area contributed by atoms with Gasteiger partial charge in [-0.15, -0.1) is 0 Å². The van der Waals surface area contributed by atoms with Crippen molar-refractivity contribution < 1.29 is 13.2 Å². The van der Waals surface area contributed by atoms with E-state index < -0.39 is 21.0 Å². The number of hydrogen-bond donors (Lipinski definition) is 1. The van der Waals surface area contributed by atoms with Gasteiger partial charge in [0.25, 0.3) is 0 Å². The maximum Gasteiger partial charge on any atom is 0.316 e. The van der Waals surface area contributed by atoms with E-state index in [1.54, 1.807) is 0 Å². The van der Waals surface area contributed by atoms with Crippen LogP contribution in [0.2, 0.25) is 0 Å². The largest absolute Gasteiger partial charge is 0.326 e. The Hall–Kier alpha value is -3.20. The van der Waals surface area contributed by atoms with E-state index in [1.807, 2.05) is 32.0 Å². The molecule has 0 aliphatic rings. The number of rotatable bonds is 6. The molecule has 0 saturated heterocycles. The van der Waals surface area contributed by atoms with Crippen LogP contribution >= 0.6 is 0 Å². The fourth-order valence-corrected chi connectivity index (χ4v) is 4.76. The van der Waals surface area contributed by atoms with Crippen LogP contribution in [0.4, 0.5) is 5.69 Å². The molecule has 0 spiro atoms. The smallest absolute Gasteiger partial charge is 0.316 e. The van der Waals surface area contributed by atoms with Crippen molar-refractivity contribution >= 4 is 32.5 Å². The molecular weight excluding hydrogens is 418 g/mol. The molecule has 0 aliphatic carbocycles. The van der Waals surface area contributed by atoms with Gasteiger partial charge >= 0.3 is 11.1 Å². The van der Waals surface area contributed by atoms with E-state index in [2.05, 4.69) is 5.32 Å². The third kappa shape index (κ3) is 4.32. The lowest BCUT2D eigenvalue weighted by Crippen LogP contribution is -2.39. The van der Waals surface area contributed by atoms with Crippen LogP contribution in [0.3, 0.4) is 0 Å². The lowest BCUT2D eigenvalue weighted by atomic mass is 10.1. The monoisotopic (exact) mass is 443 g/mol. The molecule has 1 N–H and O–H groups in total. The predicted octanol–water partition coefficient (Wildman–Crippen LogP) is 1.91. The highest BCUT2D eigenvalue weighted by Crippen LogP contribution is 2.22. The number of hydrogen-bond acceptors (Lipinski definition) is 5. The Kier molecular flexibility index (Phi) is 6.17. The molecule has 1 amide bonds. The first-order chi connectivity index (χ1) is 14.6. The SMILES string of the molecule is CCc1cccc(C)c1NC(=O)CCS(=O)(=O)c1ccc2c(c1)n(C)c(=O)c(=O)n2C. The summed E-state index contributed by atoms with van der Waals surface area (Å²) in [5.41, 5.74) is 1.95. The van der Waals surface area contributed by atoms with Gasteiger partial charge in [0.1, 0.15) is 0 Å². The zero-order valence-corrected chi connectivity index (χ0v) is 18.7. The van der Waals surface area contributed by atoms with Crippen molar-refractivity contribution in [1.29, 1.82) is 0 Å². The molecule has 1 heterocycles. The second-order valence-corrected chi connectivity index (χ2v) is 9.57. The summed E-state index contributed by atoms with van der Waals surface area (Å²) in [6.45, 7) is 3.87. The molecule has 3 aromatic rings. The maximum atomic E-state index is 12.8. The molecule has 164 valence electrons. The second-order valence-electron chi connectivity index (χ2n) is 7.46. The van der Waals surface area contributed by atoms with Crippen LogP contribution in [0.5, 0.6) is 0 Å². The van der Waals surface area contributed by atoms with Crippen molar-refractivity contribution in [2.75, 3.05) is 11.1 Å². The van der Waals surface area contributed by atoms with Gasteiger partial charge in [-0.25, -0.2) is 8.42 Å². The molecule has 0 unspecified atom stereocenters. The summed E-state index contributed by atoms with van der Waals surface area (Å²) >= 11 is 0. The lowest BCUT2D eigenvalue weighted by molar-refractivity contribution is -0.115. The van der Waals surface area contributed by atoms with Gasteiger partial charge in [-0.1, -0.05) is 25.1 Å². The van der Waals surface area contributed by atoms with Gasteiger partial charge in [0.05, 0.1) is 21.7 Å². The molecule has 0 aliphatic heterocycles. The minimum atomic E-state index is -3.78. The molecule has 2 aromatic carbocycles. The zero-order valence-electron chi connectivity index (χ0n) is 17.9. The van der Waals surface area contributed by atoms with Crippen molar-refractivity contribution in [3.63, 3.8) is 0 Å². The van der Waals surface area contributed by atoms with Crippen LogP contribution in [0.15, 0.2) is 50.9 Å². The zero-order chi connectivity index (χ0) is 22.9. The van der Waals surface area contributed by atoms with Gasteiger partial charge in [0.2, 0.25) is 5.91 Å². The van der Waals surface area contributed by atoms with E-state index in [0.29, 0.717) is 16.7 Å². The Morgan fingerprint density at radius 2 is 1.65 bits per heavy atom. The van der Waals surface area contributed by atoms with E-state index in [9.17, 15) is 22.8 Å². The maximum absolute atomic E-state index is 12.8. The van der Waals surface area contributed by atoms with Gasteiger partial charge in [-0.3, -0.25) is 14.4 Å². The summed E-state index contributed by atoms with van der Waals surface area (Å²) in [7, 11) is -0.902. The molecule has 0 fully saturated rings. The van der Waals surface area contributed by atoms with Crippen LogP contribution in [-0.2, 0) is 35.1 Å². The molecule has 8 nitrogen and oxygen atoms in total. The summed E-state index contributed by atoms with van der Waals surface area (Å²) in [5, 5.41) is 2.83. The van der Waals surface area contributed by atoms with Crippen LogP contribution in [0, 0.1) is 6.92 Å². The number of sulfone groups is 1. The third-order valence-corrected chi connectivity index (χ3v) is 7.14. The Labute approximate surface area is 180 Å². The van der Waals surface area contributed by atoms with Crippen molar-refractivity contribution in [3.05, 3.63) is 68.2 Å². The summed E-state index contributed by atoms with van der Waals surface area (Å²) in [6.07, 6.45) is 0.540. The molecular formula is C22H25N3O5S. The van der Waals surface area contributed by atoms with Gasteiger partial charge < -0.3 is 14.5 Å². The molecule has 0 bridgehead atoms. The van der Waals surface area contributed by atoms with Gasteiger partial charge in [-0.2, -0.15) is 0 Å². The Balaban J connectivity index is 1.85. The molecule has 0 saturated carbocycles. The second kappa shape index (κ2) is 8.50. The number of carbonyl (C=O) groups excluding carboxylic acids is 1. The topological polar surface area (TPSA) is 107 Å². The van der Waals surface area contributed by atoms with E-state index in [4.69, 9.17) is 0 Å². The minimum Gasteiger partial charge on any atom is -0.326 e. The molecule has 31 heavy (non-hydrogen) atoms. The number of anilines is 1. The van der Waals surface area contributed by atoms with E-state index in [-0.39, 0.29) is 23.0 Å². The van der Waals surface area contributed by atoms with Crippen molar-refractivity contribution in [3.8, 4) is 0 Å². The highest BCUT2D eigenvalue weighted by atomic mass is 32.2. The number of nitrogens with zero attached hydrogens (tertiary/aromatic N) is 2. The third-order valence-electron chi connectivity index (χ3n) is 5.42. The average molecular weight is 444 g/mol. The van der Waals surface area contributed by atoms with E-state index in [0.717, 1.165) is 22.1 Å². The number of fused-ring (bicyclic) bond motifs is 1. The summed E-state index contributed by atoms with van der Waals surface area (Å²) in [6, 6.07) is 9.96. The first-order valence-corrected chi connectivity index (χ1v) is 11.5. The first kappa shape index (κ1) is 22.5. The normalized spacial score (nSPS) is 11.6. The summed E-state index contributed by atoms with van der Waals surface area (Å²) < 4.78 is 28.0. The van der Waals surface area contributed by atoms with Crippen LogP contribution < -0.4 is 16.4 Å². The molecule has 3 rings (SSSR count). The standard InChI is InChI=1S/C22H25N3O5S/c1-5-15-8-6-7-14(2)20(15)23-19(26)11-12-31(29,30)16-9-10-17-18(13-16)25(4)22(28)21(27)24(17)3/h6-10,13H,5,11-12H2,1-4H3,(H,23,26). The highest BCUT2D eigenvalue weighted by molar-refractivity contribution is 7.91. The number of aromatic nitrogens is 2. The summed E-state index contributed by atoms with van der Waals surface area (Å²) in [5.74, 6) is -0.764. The predicted molar refractivity (Wildman–Crippen MR) is 120 cm³/mol. The molecule has 0 atom stereocenters. The Morgan fingerprint density at radius 3 is 2.29 bits per heavy atom. The number of carbonyl (C=O) groups is 1.